The molecule has 1 aromatic heterocycles. The van der Waals surface area contributed by atoms with Crippen LogP contribution in [0.3, 0.4) is 0 Å². The lowest BCUT2D eigenvalue weighted by molar-refractivity contribution is 0.116. The van der Waals surface area contributed by atoms with Crippen molar-refractivity contribution in [2.24, 2.45) is 5.73 Å². The minimum atomic E-state index is -0.0123. The van der Waals surface area contributed by atoms with E-state index < -0.39 is 0 Å². The van der Waals surface area contributed by atoms with Gasteiger partial charge in [-0.2, -0.15) is 4.98 Å². The molecule has 15 heavy (non-hydrogen) atoms. The normalized spacial score (nSPS) is 20.2. The summed E-state index contributed by atoms with van der Waals surface area (Å²) in [4.78, 5) is 4.37. The molecule has 0 aliphatic heterocycles. The number of methoxy groups -OCH3 is 1. The molecule has 0 spiro atoms. The van der Waals surface area contributed by atoms with Crippen molar-refractivity contribution in [3.63, 3.8) is 0 Å². The van der Waals surface area contributed by atoms with Crippen LogP contribution in [0.25, 0.3) is 0 Å². The van der Waals surface area contributed by atoms with Gasteiger partial charge in [0.2, 0.25) is 5.89 Å². The van der Waals surface area contributed by atoms with Gasteiger partial charge in [0.15, 0.2) is 5.82 Å². The number of rotatable bonds is 5. The summed E-state index contributed by atoms with van der Waals surface area (Å²) in [5.74, 6) is 1.40. The zero-order valence-electron chi connectivity index (χ0n) is 9.19. The minimum absolute atomic E-state index is 0.0123. The van der Waals surface area contributed by atoms with Crippen LogP contribution in [0.4, 0.5) is 0 Å². The molecule has 1 saturated carbocycles. The van der Waals surface area contributed by atoms with Gasteiger partial charge in [0.1, 0.15) is 0 Å². The third-order valence-corrected chi connectivity index (χ3v) is 3.04. The smallest absolute Gasteiger partial charge is 0.234 e. The molecule has 1 fully saturated rings. The average molecular weight is 211 g/mol. The van der Waals surface area contributed by atoms with Crippen molar-refractivity contribution in [3.05, 3.63) is 11.7 Å². The van der Waals surface area contributed by atoms with Crippen molar-refractivity contribution >= 4 is 0 Å². The van der Waals surface area contributed by atoms with Crippen LogP contribution in [-0.4, -0.2) is 29.9 Å². The first-order valence-corrected chi connectivity index (χ1v) is 5.26. The molecule has 0 amide bonds. The van der Waals surface area contributed by atoms with Crippen molar-refractivity contribution in [2.45, 2.75) is 37.7 Å². The van der Waals surface area contributed by atoms with Gasteiger partial charge in [-0.1, -0.05) is 5.16 Å². The fourth-order valence-corrected chi connectivity index (χ4v) is 1.55. The van der Waals surface area contributed by atoms with E-state index in [2.05, 4.69) is 10.1 Å². The average Bonchev–Trinajstić information content (AvgIpc) is 2.93. The molecule has 1 unspecified atom stereocenters. The lowest BCUT2D eigenvalue weighted by Gasteiger charge is -2.05. The van der Waals surface area contributed by atoms with Crippen molar-refractivity contribution in [2.75, 3.05) is 13.7 Å². The number of ether oxygens (including phenoxy) is 1. The third kappa shape index (κ3) is 2.03. The van der Waals surface area contributed by atoms with Crippen LogP contribution in [0.15, 0.2) is 4.52 Å². The summed E-state index contributed by atoms with van der Waals surface area (Å²) in [6.45, 7) is 2.57. The zero-order valence-corrected chi connectivity index (χ0v) is 9.19. The highest BCUT2D eigenvalue weighted by atomic mass is 16.5. The highest BCUT2D eigenvalue weighted by molar-refractivity contribution is 5.16. The Morgan fingerprint density at radius 2 is 2.33 bits per heavy atom. The number of nitrogens with zero attached hydrogens (tertiary/aromatic N) is 2. The van der Waals surface area contributed by atoms with Crippen LogP contribution in [0.1, 0.15) is 31.5 Å². The molecule has 1 heterocycles. The maximum atomic E-state index is 5.69. The molecule has 0 saturated heterocycles. The second-order valence-electron chi connectivity index (χ2n) is 4.25. The van der Waals surface area contributed by atoms with Crippen LogP contribution in [-0.2, 0) is 16.6 Å². The largest absolute Gasteiger partial charge is 0.381 e. The quantitative estimate of drug-likeness (QED) is 0.773. The van der Waals surface area contributed by atoms with Gasteiger partial charge in [-0.25, -0.2) is 0 Å². The highest BCUT2D eigenvalue weighted by Gasteiger charge is 2.48. The predicted octanol–water partition coefficient (Wildman–Crippen LogP) is 0.637. The second kappa shape index (κ2) is 3.90. The van der Waals surface area contributed by atoms with Crippen LogP contribution >= 0.6 is 0 Å². The Kier molecular flexibility index (Phi) is 2.75. The standard InChI is InChI=1S/C10H17N3O2/c1-7(14-2)5-8-12-9(15-13-8)10(6-11)3-4-10/h7H,3-6,11H2,1-2H3. The molecule has 84 valence electrons. The minimum Gasteiger partial charge on any atom is -0.381 e. The molecule has 5 heteroatoms. The Hall–Kier alpha value is -0.940. The summed E-state index contributed by atoms with van der Waals surface area (Å²) in [6, 6.07) is 0. The Labute approximate surface area is 89.0 Å². The molecule has 1 aliphatic carbocycles. The van der Waals surface area contributed by atoms with Gasteiger partial charge in [0.05, 0.1) is 11.5 Å². The number of nitrogens with two attached hydrogens (primary N) is 1. The van der Waals surface area contributed by atoms with Crippen molar-refractivity contribution in [1.29, 1.82) is 0 Å². The van der Waals surface area contributed by atoms with E-state index in [0.717, 1.165) is 12.8 Å². The Bertz CT molecular complexity index is 333. The van der Waals surface area contributed by atoms with E-state index in [0.29, 0.717) is 24.7 Å². The molecule has 0 aromatic carbocycles. The Balaban J connectivity index is 2.04. The Morgan fingerprint density at radius 1 is 1.60 bits per heavy atom. The van der Waals surface area contributed by atoms with Gasteiger partial charge in [-0.15, -0.1) is 0 Å². The molecule has 0 radical (unpaired) electrons. The van der Waals surface area contributed by atoms with Gasteiger partial charge in [0, 0.05) is 20.1 Å². The summed E-state index contributed by atoms with van der Waals surface area (Å²) < 4.78 is 10.4. The van der Waals surface area contributed by atoms with E-state index in [-0.39, 0.29) is 11.5 Å². The van der Waals surface area contributed by atoms with Crippen LogP contribution in [0.2, 0.25) is 0 Å². The fourth-order valence-electron chi connectivity index (χ4n) is 1.55. The van der Waals surface area contributed by atoms with Crippen LogP contribution in [0.5, 0.6) is 0 Å². The molecular weight excluding hydrogens is 194 g/mol. The molecular formula is C10H17N3O2. The first-order chi connectivity index (χ1) is 7.20. The maximum Gasteiger partial charge on any atom is 0.234 e. The first-order valence-electron chi connectivity index (χ1n) is 5.26. The number of hydrogen-bond acceptors (Lipinski definition) is 5. The lowest BCUT2D eigenvalue weighted by Crippen LogP contribution is -2.20. The Morgan fingerprint density at radius 3 is 2.87 bits per heavy atom. The molecule has 1 aromatic rings. The molecule has 0 bridgehead atoms. The summed E-state index contributed by atoms with van der Waals surface area (Å²) in [6.07, 6.45) is 2.92. The SMILES string of the molecule is COC(C)Cc1noc(C2(CN)CC2)n1. The molecule has 2 rings (SSSR count). The topological polar surface area (TPSA) is 74.2 Å². The predicted molar refractivity (Wildman–Crippen MR) is 54.4 cm³/mol. The van der Waals surface area contributed by atoms with Crippen molar-refractivity contribution < 1.29 is 9.26 Å². The summed E-state index contributed by atoms with van der Waals surface area (Å²) in [5, 5.41) is 3.94. The van der Waals surface area contributed by atoms with Crippen molar-refractivity contribution in [1.82, 2.24) is 10.1 Å². The summed E-state index contributed by atoms with van der Waals surface area (Å²) in [5.41, 5.74) is 5.67. The third-order valence-electron chi connectivity index (χ3n) is 3.04. The van der Waals surface area contributed by atoms with Crippen LogP contribution < -0.4 is 5.73 Å². The molecule has 5 nitrogen and oxygen atoms in total. The highest BCUT2D eigenvalue weighted by Crippen LogP contribution is 2.46. The van der Waals surface area contributed by atoms with Crippen molar-refractivity contribution in [3.8, 4) is 0 Å². The molecule has 1 aliphatic rings. The van der Waals surface area contributed by atoms with Gasteiger partial charge in [0.25, 0.3) is 0 Å². The van der Waals surface area contributed by atoms with E-state index >= 15 is 0 Å². The van der Waals surface area contributed by atoms with E-state index in [1.54, 1.807) is 7.11 Å². The maximum absolute atomic E-state index is 5.69. The monoisotopic (exact) mass is 211 g/mol. The number of aromatic nitrogens is 2. The number of hydrogen-bond donors (Lipinski definition) is 1. The first kappa shape index (κ1) is 10.6. The van der Waals surface area contributed by atoms with Gasteiger partial charge >= 0.3 is 0 Å². The second-order valence-corrected chi connectivity index (χ2v) is 4.25. The van der Waals surface area contributed by atoms with E-state index in [1.165, 1.54) is 0 Å². The van der Waals surface area contributed by atoms with E-state index in [4.69, 9.17) is 15.0 Å². The summed E-state index contributed by atoms with van der Waals surface area (Å²) >= 11 is 0. The van der Waals surface area contributed by atoms with Crippen LogP contribution in [0, 0.1) is 0 Å². The summed E-state index contributed by atoms with van der Waals surface area (Å²) in [7, 11) is 1.67. The van der Waals surface area contributed by atoms with E-state index in [1.807, 2.05) is 6.92 Å². The lowest BCUT2D eigenvalue weighted by atomic mass is 10.1. The van der Waals surface area contributed by atoms with Gasteiger partial charge in [-0.05, 0) is 19.8 Å². The molecule has 1 atom stereocenters. The van der Waals surface area contributed by atoms with Gasteiger partial charge < -0.3 is 15.0 Å². The fraction of sp³-hybridized carbons (Fsp3) is 0.800. The zero-order chi connectivity index (χ0) is 10.9. The van der Waals surface area contributed by atoms with Gasteiger partial charge in [-0.3, -0.25) is 0 Å². The molecule has 2 N–H and O–H groups in total. The van der Waals surface area contributed by atoms with E-state index in [9.17, 15) is 0 Å².